The number of hydrogen-bond acceptors (Lipinski definition) is 5. The molecule has 1 atom stereocenters. The minimum absolute atomic E-state index is 0.248. The third-order valence-electron chi connectivity index (χ3n) is 5.17. The zero-order valence-corrected chi connectivity index (χ0v) is 17.2. The van der Waals surface area contributed by atoms with Crippen LogP contribution in [0.15, 0.2) is 29.3 Å². The highest BCUT2D eigenvalue weighted by atomic mass is 32.1. The monoisotopic (exact) mass is 396 g/mol. The molecule has 146 valence electrons. The maximum Gasteiger partial charge on any atom is 0.341 e. The van der Waals surface area contributed by atoms with Crippen molar-refractivity contribution in [1.82, 2.24) is 0 Å². The van der Waals surface area contributed by atoms with Gasteiger partial charge < -0.3 is 9.84 Å². The number of benzene rings is 1. The summed E-state index contributed by atoms with van der Waals surface area (Å²) in [7, 11) is 0. The number of carboxylic acids is 1. The predicted octanol–water partition coefficient (Wildman–Crippen LogP) is 4.98. The molecule has 0 spiro atoms. The third-order valence-corrected chi connectivity index (χ3v) is 6.34. The van der Waals surface area contributed by atoms with Crippen molar-refractivity contribution in [3.63, 3.8) is 0 Å². The van der Waals surface area contributed by atoms with Gasteiger partial charge in [-0.05, 0) is 48.3 Å². The van der Waals surface area contributed by atoms with Gasteiger partial charge in [-0.1, -0.05) is 32.9 Å². The van der Waals surface area contributed by atoms with E-state index in [2.05, 4.69) is 31.8 Å². The van der Waals surface area contributed by atoms with Gasteiger partial charge in [0.2, 0.25) is 0 Å². The van der Waals surface area contributed by atoms with Crippen LogP contribution >= 0.6 is 11.3 Å². The van der Waals surface area contributed by atoms with Gasteiger partial charge in [-0.15, -0.1) is 11.3 Å². The average Bonchev–Trinajstić information content (AvgIpc) is 3.01. The second-order valence-electron chi connectivity index (χ2n) is 8.08. The first-order chi connectivity index (χ1) is 13.3. The lowest BCUT2D eigenvalue weighted by Crippen LogP contribution is -2.26. The Morgan fingerprint density at radius 3 is 2.86 bits per heavy atom. The molecule has 0 aliphatic heterocycles. The van der Waals surface area contributed by atoms with E-state index in [0.717, 1.165) is 29.8 Å². The molecule has 28 heavy (non-hydrogen) atoms. The van der Waals surface area contributed by atoms with Crippen LogP contribution in [0.3, 0.4) is 0 Å². The zero-order chi connectivity index (χ0) is 20.3. The number of aliphatic imine (C=N–C) groups is 1. The molecule has 0 amide bonds. The molecule has 6 heteroatoms. The van der Waals surface area contributed by atoms with E-state index in [1.54, 1.807) is 29.7 Å². The molecule has 0 saturated heterocycles. The van der Waals surface area contributed by atoms with E-state index >= 15 is 0 Å². The Balaban J connectivity index is 1.87. The van der Waals surface area contributed by atoms with Crippen molar-refractivity contribution in [1.29, 1.82) is 5.26 Å². The fourth-order valence-corrected chi connectivity index (χ4v) is 4.72. The Morgan fingerprint density at radius 2 is 2.18 bits per heavy atom. The number of ether oxygens (including phenoxy) is 1. The minimum atomic E-state index is -1.03. The zero-order valence-electron chi connectivity index (χ0n) is 16.4. The molecule has 1 heterocycles. The lowest BCUT2D eigenvalue weighted by atomic mass is 9.72. The van der Waals surface area contributed by atoms with E-state index in [-0.39, 0.29) is 5.41 Å². The Morgan fingerprint density at radius 1 is 1.43 bits per heavy atom. The van der Waals surface area contributed by atoms with Gasteiger partial charge in [-0.2, -0.15) is 5.26 Å². The Hall–Kier alpha value is -2.65. The number of nitrogens with zero attached hydrogens (tertiary/aromatic N) is 2. The van der Waals surface area contributed by atoms with Gasteiger partial charge >= 0.3 is 5.97 Å². The Labute approximate surface area is 169 Å². The van der Waals surface area contributed by atoms with Crippen molar-refractivity contribution in [2.45, 2.75) is 40.0 Å². The molecule has 3 rings (SSSR count). The molecule has 0 fully saturated rings. The predicted molar refractivity (Wildman–Crippen MR) is 111 cm³/mol. The molecule has 0 radical (unpaired) electrons. The van der Waals surface area contributed by atoms with Crippen LogP contribution < -0.4 is 4.74 Å². The summed E-state index contributed by atoms with van der Waals surface area (Å²) in [4.78, 5) is 16.6. The molecule has 1 N–H and O–H groups in total. The van der Waals surface area contributed by atoms with E-state index in [9.17, 15) is 10.1 Å². The van der Waals surface area contributed by atoms with Crippen molar-refractivity contribution in [3.8, 4) is 11.8 Å². The number of carbonyl (C=O) groups is 1. The summed E-state index contributed by atoms with van der Waals surface area (Å²) in [6, 6.07) is 9.49. The van der Waals surface area contributed by atoms with Crippen molar-refractivity contribution >= 4 is 28.5 Å². The first-order valence-electron chi connectivity index (χ1n) is 9.32. The van der Waals surface area contributed by atoms with Gasteiger partial charge in [0, 0.05) is 16.7 Å². The van der Waals surface area contributed by atoms with Gasteiger partial charge in [0.05, 0.1) is 5.56 Å². The van der Waals surface area contributed by atoms with E-state index in [4.69, 9.17) is 9.84 Å². The number of para-hydroxylation sites is 1. The molecule has 0 saturated carbocycles. The highest BCUT2D eigenvalue weighted by Crippen LogP contribution is 2.44. The number of carboxylic acid groups (broad SMARTS) is 1. The summed E-state index contributed by atoms with van der Waals surface area (Å²) in [6.45, 7) is 6.41. The molecule has 1 aliphatic rings. The van der Waals surface area contributed by atoms with Crippen molar-refractivity contribution < 1.29 is 14.6 Å². The average molecular weight is 397 g/mol. The third kappa shape index (κ3) is 4.42. The van der Waals surface area contributed by atoms with Crippen LogP contribution in [0.4, 0.5) is 5.00 Å². The van der Waals surface area contributed by atoms with Gasteiger partial charge in [-0.3, -0.25) is 0 Å². The highest BCUT2D eigenvalue weighted by molar-refractivity contribution is 7.16. The van der Waals surface area contributed by atoms with Crippen LogP contribution in [-0.4, -0.2) is 23.9 Å². The number of nitriles is 1. The van der Waals surface area contributed by atoms with Gasteiger partial charge in [0.15, 0.2) is 6.61 Å². The lowest BCUT2D eigenvalue weighted by Gasteiger charge is -2.33. The number of aliphatic carboxylic acids is 1. The van der Waals surface area contributed by atoms with Crippen molar-refractivity contribution in [3.05, 3.63) is 45.8 Å². The van der Waals surface area contributed by atoms with Gasteiger partial charge in [-0.25, -0.2) is 9.79 Å². The van der Waals surface area contributed by atoms with E-state index in [0.29, 0.717) is 22.8 Å². The second-order valence-corrected chi connectivity index (χ2v) is 9.16. The van der Waals surface area contributed by atoms with Gasteiger partial charge in [0.25, 0.3) is 0 Å². The maximum atomic E-state index is 10.8. The van der Waals surface area contributed by atoms with Crippen LogP contribution in [0.1, 0.15) is 48.8 Å². The largest absolute Gasteiger partial charge is 0.481 e. The first kappa shape index (κ1) is 20.1. The molecule has 0 bridgehead atoms. The van der Waals surface area contributed by atoms with E-state index in [1.807, 2.05) is 12.1 Å². The molecule has 1 aromatic heterocycles. The first-order valence-corrected chi connectivity index (χ1v) is 10.1. The minimum Gasteiger partial charge on any atom is -0.481 e. The molecule has 5 nitrogen and oxygen atoms in total. The lowest BCUT2D eigenvalue weighted by molar-refractivity contribution is -0.139. The normalized spacial score (nSPS) is 16.6. The smallest absolute Gasteiger partial charge is 0.341 e. The number of thiophene rings is 1. The quantitative estimate of drug-likeness (QED) is 0.722. The second kappa shape index (κ2) is 8.15. The van der Waals surface area contributed by atoms with Crippen LogP contribution in [0.5, 0.6) is 5.75 Å². The Bertz CT molecular complexity index is 948. The summed E-state index contributed by atoms with van der Waals surface area (Å²) in [5.74, 6) is 0.0336. The number of fused-ring (bicyclic) bond motifs is 1. The molecular formula is C22H24N2O3S. The number of rotatable bonds is 5. The number of hydrogen-bond donors (Lipinski definition) is 1. The summed E-state index contributed by atoms with van der Waals surface area (Å²) < 4.78 is 5.32. The topological polar surface area (TPSA) is 82.7 Å². The molecule has 0 unspecified atom stereocenters. The maximum absolute atomic E-state index is 10.8. The van der Waals surface area contributed by atoms with Crippen LogP contribution in [0.25, 0.3) is 0 Å². The summed E-state index contributed by atoms with van der Waals surface area (Å²) in [5.41, 5.74) is 2.76. The summed E-state index contributed by atoms with van der Waals surface area (Å²) in [6.07, 6.45) is 4.66. The molecule has 1 aliphatic carbocycles. The molecular weight excluding hydrogens is 372 g/mol. The SMILES string of the molecule is CC(C)(C)[C@H]1CCc2c(sc(N=Cc3ccccc3OCC(=O)O)c2C#N)C1. The summed E-state index contributed by atoms with van der Waals surface area (Å²) >= 11 is 1.59. The fourth-order valence-electron chi connectivity index (χ4n) is 3.50. The molecule has 2 aromatic rings. The Kier molecular flexibility index (Phi) is 5.85. The highest BCUT2D eigenvalue weighted by Gasteiger charge is 2.32. The van der Waals surface area contributed by atoms with Crippen molar-refractivity contribution in [2.24, 2.45) is 16.3 Å². The van der Waals surface area contributed by atoms with Gasteiger partial charge in [0.1, 0.15) is 16.8 Å². The van der Waals surface area contributed by atoms with E-state index in [1.165, 1.54) is 4.88 Å². The fraction of sp³-hybridized carbons (Fsp3) is 0.409. The van der Waals surface area contributed by atoms with Crippen LogP contribution in [0, 0.1) is 22.7 Å². The van der Waals surface area contributed by atoms with Crippen LogP contribution in [0.2, 0.25) is 0 Å². The van der Waals surface area contributed by atoms with E-state index < -0.39 is 12.6 Å². The van der Waals surface area contributed by atoms with Crippen molar-refractivity contribution in [2.75, 3.05) is 6.61 Å². The van der Waals surface area contributed by atoms with Crippen LogP contribution in [-0.2, 0) is 17.6 Å². The summed E-state index contributed by atoms with van der Waals surface area (Å²) in [5, 5.41) is 19.2. The standard InChI is InChI=1S/C22H24N2O3S/c1-22(2,3)15-8-9-16-17(11-23)21(28-19(16)10-15)24-12-14-6-4-5-7-18(14)27-13-20(25)26/h4-7,12,15H,8-10,13H2,1-3H3,(H,25,26)/t15-/m0/s1. The molecule has 1 aromatic carbocycles.